The summed E-state index contributed by atoms with van der Waals surface area (Å²) in [6, 6.07) is 19.2. The van der Waals surface area contributed by atoms with Gasteiger partial charge in [-0.2, -0.15) is 0 Å². The molecule has 0 aliphatic carbocycles. The van der Waals surface area contributed by atoms with Crippen LogP contribution in [-0.4, -0.2) is 59.8 Å². The maximum Gasteiger partial charge on any atom is 0.195 e. The van der Waals surface area contributed by atoms with Crippen molar-refractivity contribution in [2.45, 2.75) is 12.5 Å². The summed E-state index contributed by atoms with van der Waals surface area (Å²) in [5, 5.41) is 20.5. The SMILES string of the molecule is Cl.O=C(c1ccc(OC2CN(CC3CCOC3)C2)cc1)c1c(-c2ccc(O)cc2)sc2cc(O)ccc12. The lowest BCUT2D eigenvalue weighted by atomic mass is 9.97. The number of phenols is 2. The van der Waals surface area contributed by atoms with E-state index >= 15 is 0 Å². The van der Waals surface area contributed by atoms with E-state index in [9.17, 15) is 15.0 Å². The fraction of sp³-hybridized carbons (Fsp3) is 0.276. The molecule has 3 heterocycles. The van der Waals surface area contributed by atoms with Crippen LogP contribution in [0, 0.1) is 5.92 Å². The standard InChI is InChI=1S/C29H27NO5S.ClH/c31-21-5-1-20(2-6-21)29-27(25-10-7-22(32)13-26(25)36-29)28(33)19-3-8-23(9-4-19)35-24-15-30(16-24)14-18-11-12-34-17-18;/h1-10,13,18,24,31-32H,11-12,14-17H2;1H. The van der Waals surface area contributed by atoms with Crippen LogP contribution in [-0.2, 0) is 4.74 Å². The molecule has 192 valence electrons. The van der Waals surface area contributed by atoms with Crippen molar-refractivity contribution >= 4 is 39.6 Å². The number of carbonyl (C=O) groups excluding carboxylic acids is 1. The highest BCUT2D eigenvalue weighted by Gasteiger charge is 2.31. The summed E-state index contributed by atoms with van der Waals surface area (Å²) >= 11 is 1.45. The molecule has 2 saturated heterocycles. The van der Waals surface area contributed by atoms with Gasteiger partial charge in [0.15, 0.2) is 5.78 Å². The lowest BCUT2D eigenvalue weighted by Crippen LogP contribution is -2.55. The van der Waals surface area contributed by atoms with Gasteiger partial charge in [0.2, 0.25) is 0 Å². The molecule has 6 nitrogen and oxygen atoms in total. The third kappa shape index (κ3) is 5.31. The van der Waals surface area contributed by atoms with Gasteiger partial charge in [-0.25, -0.2) is 0 Å². The van der Waals surface area contributed by atoms with Crippen LogP contribution in [0.2, 0.25) is 0 Å². The summed E-state index contributed by atoms with van der Waals surface area (Å²) in [7, 11) is 0. The quantitative estimate of drug-likeness (QED) is 0.293. The number of benzene rings is 3. The molecule has 1 unspecified atom stereocenters. The normalized spacial score (nSPS) is 17.9. The first kappa shape index (κ1) is 25.5. The van der Waals surface area contributed by atoms with Crippen molar-refractivity contribution in [3.8, 4) is 27.7 Å². The molecule has 2 aliphatic rings. The zero-order valence-corrected chi connectivity index (χ0v) is 21.8. The summed E-state index contributed by atoms with van der Waals surface area (Å²) in [5.41, 5.74) is 2.02. The van der Waals surface area contributed by atoms with Crippen molar-refractivity contribution in [3.05, 3.63) is 77.9 Å². The molecule has 2 fully saturated rings. The Morgan fingerprint density at radius 2 is 1.73 bits per heavy atom. The second kappa shape index (κ2) is 10.7. The number of phenolic OH excluding ortho intramolecular Hbond substituents is 2. The first-order valence-electron chi connectivity index (χ1n) is 12.2. The van der Waals surface area contributed by atoms with Crippen LogP contribution in [0.4, 0.5) is 0 Å². The number of nitrogens with zero attached hydrogens (tertiary/aromatic N) is 1. The molecule has 4 aromatic rings. The minimum atomic E-state index is -0.0878. The van der Waals surface area contributed by atoms with Gasteiger partial charge in [0, 0.05) is 52.3 Å². The molecule has 2 aliphatic heterocycles. The fourth-order valence-corrected chi connectivity index (χ4v) is 6.23. The fourth-order valence-electron chi connectivity index (χ4n) is 4.99. The zero-order chi connectivity index (χ0) is 24.6. The monoisotopic (exact) mass is 537 g/mol. The first-order valence-corrected chi connectivity index (χ1v) is 13.0. The summed E-state index contributed by atoms with van der Waals surface area (Å²) in [4.78, 5) is 16.9. The third-order valence-corrected chi connectivity index (χ3v) is 8.12. The Balaban J connectivity index is 0.00000280. The number of ketones is 1. The summed E-state index contributed by atoms with van der Waals surface area (Å²) in [5.74, 6) is 1.64. The highest BCUT2D eigenvalue weighted by molar-refractivity contribution is 7.22. The second-order valence-electron chi connectivity index (χ2n) is 9.58. The van der Waals surface area contributed by atoms with Gasteiger partial charge < -0.3 is 19.7 Å². The van der Waals surface area contributed by atoms with Crippen LogP contribution in [0.5, 0.6) is 17.2 Å². The predicted octanol–water partition coefficient (Wildman–Crippen LogP) is 5.73. The number of ether oxygens (including phenoxy) is 2. The van der Waals surface area contributed by atoms with Gasteiger partial charge in [0.05, 0.1) is 6.61 Å². The molecular formula is C29H28ClNO5S. The minimum absolute atomic E-state index is 0. The smallest absolute Gasteiger partial charge is 0.195 e. The van der Waals surface area contributed by atoms with Gasteiger partial charge in [-0.05, 0) is 84.6 Å². The van der Waals surface area contributed by atoms with Gasteiger partial charge in [-0.1, -0.05) is 0 Å². The Kier molecular flexibility index (Phi) is 7.40. The van der Waals surface area contributed by atoms with Crippen molar-refractivity contribution in [3.63, 3.8) is 0 Å². The molecule has 0 bridgehead atoms. The minimum Gasteiger partial charge on any atom is -0.508 e. The van der Waals surface area contributed by atoms with Crippen LogP contribution in [0.1, 0.15) is 22.3 Å². The number of thiophene rings is 1. The van der Waals surface area contributed by atoms with Crippen molar-refractivity contribution in [2.24, 2.45) is 5.92 Å². The maximum absolute atomic E-state index is 13.7. The van der Waals surface area contributed by atoms with Gasteiger partial charge in [0.25, 0.3) is 0 Å². The number of hydrogen-bond acceptors (Lipinski definition) is 7. The lowest BCUT2D eigenvalue weighted by Gasteiger charge is -2.40. The summed E-state index contributed by atoms with van der Waals surface area (Å²) in [6.45, 7) is 4.65. The molecule has 0 saturated carbocycles. The molecule has 0 amide bonds. The topological polar surface area (TPSA) is 79.2 Å². The Morgan fingerprint density at radius 3 is 2.43 bits per heavy atom. The number of halogens is 1. The van der Waals surface area contributed by atoms with E-state index in [2.05, 4.69) is 4.90 Å². The number of hydrogen-bond donors (Lipinski definition) is 2. The van der Waals surface area contributed by atoms with E-state index in [-0.39, 0.29) is 35.8 Å². The highest BCUT2D eigenvalue weighted by atomic mass is 35.5. The Labute approximate surface area is 225 Å². The lowest BCUT2D eigenvalue weighted by molar-refractivity contribution is 0.00915. The highest BCUT2D eigenvalue weighted by Crippen LogP contribution is 2.41. The van der Waals surface area contributed by atoms with Crippen molar-refractivity contribution in [2.75, 3.05) is 32.8 Å². The Hall–Kier alpha value is -3.10. The second-order valence-corrected chi connectivity index (χ2v) is 10.6. The average molecular weight is 538 g/mol. The number of aromatic hydroxyl groups is 2. The van der Waals surface area contributed by atoms with Crippen molar-refractivity contribution in [1.82, 2.24) is 4.90 Å². The molecule has 8 heteroatoms. The van der Waals surface area contributed by atoms with Crippen molar-refractivity contribution < 1.29 is 24.5 Å². The molecule has 0 spiro atoms. The van der Waals surface area contributed by atoms with Crippen LogP contribution in [0.3, 0.4) is 0 Å². The van der Waals surface area contributed by atoms with Crippen LogP contribution in [0.15, 0.2) is 66.7 Å². The molecule has 37 heavy (non-hydrogen) atoms. The van der Waals surface area contributed by atoms with Gasteiger partial charge in [-0.3, -0.25) is 9.69 Å². The van der Waals surface area contributed by atoms with Gasteiger partial charge >= 0.3 is 0 Å². The third-order valence-electron chi connectivity index (χ3n) is 6.91. The van der Waals surface area contributed by atoms with Crippen LogP contribution >= 0.6 is 23.7 Å². The van der Waals surface area contributed by atoms with E-state index in [1.165, 1.54) is 11.3 Å². The zero-order valence-electron chi connectivity index (χ0n) is 20.1. The van der Waals surface area contributed by atoms with E-state index in [4.69, 9.17) is 9.47 Å². The van der Waals surface area contributed by atoms with E-state index in [0.717, 1.165) is 65.5 Å². The molecular weight excluding hydrogens is 510 g/mol. The molecule has 1 atom stereocenters. The van der Waals surface area contributed by atoms with E-state index in [1.54, 1.807) is 42.5 Å². The van der Waals surface area contributed by atoms with Gasteiger partial charge in [0.1, 0.15) is 23.4 Å². The Bertz CT molecular complexity index is 1390. The van der Waals surface area contributed by atoms with Crippen LogP contribution < -0.4 is 4.74 Å². The summed E-state index contributed by atoms with van der Waals surface area (Å²) in [6.07, 6.45) is 1.32. The van der Waals surface area contributed by atoms with Crippen LogP contribution in [0.25, 0.3) is 20.5 Å². The maximum atomic E-state index is 13.7. The molecule has 6 rings (SSSR count). The van der Waals surface area contributed by atoms with E-state index in [0.29, 0.717) is 17.0 Å². The average Bonchev–Trinajstić information content (AvgIpc) is 3.50. The predicted molar refractivity (Wildman–Crippen MR) is 147 cm³/mol. The summed E-state index contributed by atoms with van der Waals surface area (Å²) < 4.78 is 12.4. The number of rotatable bonds is 7. The van der Waals surface area contributed by atoms with E-state index in [1.807, 2.05) is 24.3 Å². The number of likely N-dealkylation sites (tertiary alicyclic amines) is 1. The molecule has 2 N–H and O–H groups in total. The van der Waals surface area contributed by atoms with Crippen molar-refractivity contribution in [1.29, 1.82) is 0 Å². The molecule has 1 aromatic heterocycles. The molecule has 0 radical (unpaired) electrons. The largest absolute Gasteiger partial charge is 0.508 e. The Morgan fingerprint density at radius 1 is 1.00 bits per heavy atom. The number of carbonyl (C=O) groups is 1. The van der Waals surface area contributed by atoms with E-state index < -0.39 is 0 Å². The number of fused-ring (bicyclic) bond motifs is 1. The first-order chi connectivity index (χ1) is 17.5. The van der Waals surface area contributed by atoms with Gasteiger partial charge in [-0.15, -0.1) is 23.7 Å². The molecule has 3 aromatic carbocycles.